The summed E-state index contributed by atoms with van der Waals surface area (Å²) in [6.45, 7) is 1.78. The van der Waals surface area contributed by atoms with Crippen molar-refractivity contribution in [3.63, 3.8) is 0 Å². The van der Waals surface area contributed by atoms with Gasteiger partial charge in [-0.15, -0.1) is 0 Å². The second-order valence-electron chi connectivity index (χ2n) is 5.16. The van der Waals surface area contributed by atoms with Crippen molar-refractivity contribution < 1.29 is 9.53 Å². The predicted molar refractivity (Wildman–Crippen MR) is 92.9 cm³/mol. The van der Waals surface area contributed by atoms with Crippen LogP contribution in [0.5, 0.6) is 5.75 Å². The van der Waals surface area contributed by atoms with Gasteiger partial charge in [-0.3, -0.25) is 4.79 Å². The Morgan fingerprint density at radius 1 is 1.13 bits per heavy atom. The van der Waals surface area contributed by atoms with E-state index in [9.17, 15) is 4.79 Å². The molecule has 0 aromatic heterocycles. The maximum absolute atomic E-state index is 11.8. The zero-order chi connectivity index (χ0) is 16.5. The number of rotatable bonds is 8. The van der Waals surface area contributed by atoms with Crippen molar-refractivity contribution in [2.45, 2.75) is 13.0 Å². The van der Waals surface area contributed by atoms with Crippen LogP contribution in [0.1, 0.15) is 11.1 Å². The number of amides is 1. The largest absolute Gasteiger partial charge is 0.489 e. The summed E-state index contributed by atoms with van der Waals surface area (Å²) >= 11 is 6.11. The van der Waals surface area contributed by atoms with Gasteiger partial charge in [-0.25, -0.2) is 0 Å². The molecule has 2 aromatic carbocycles. The van der Waals surface area contributed by atoms with Crippen LogP contribution in [0, 0.1) is 0 Å². The molecule has 2 N–H and O–H groups in total. The van der Waals surface area contributed by atoms with Gasteiger partial charge in [0.2, 0.25) is 5.91 Å². The molecule has 0 saturated heterocycles. The van der Waals surface area contributed by atoms with Crippen molar-refractivity contribution in [3.05, 3.63) is 64.7 Å². The van der Waals surface area contributed by atoms with Crippen LogP contribution in [0.15, 0.2) is 48.5 Å². The molecule has 0 heterocycles. The maximum atomic E-state index is 11.8. The number of hydrogen-bond donors (Lipinski definition) is 2. The van der Waals surface area contributed by atoms with Crippen LogP contribution >= 0.6 is 11.6 Å². The van der Waals surface area contributed by atoms with Gasteiger partial charge >= 0.3 is 0 Å². The molecule has 0 aliphatic rings. The van der Waals surface area contributed by atoms with Gasteiger partial charge in [-0.05, 0) is 30.8 Å². The van der Waals surface area contributed by atoms with Gasteiger partial charge in [0.05, 0.1) is 6.42 Å². The Morgan fingerprint density at radius 3 is 2.74 bits per heavy atom. The molecule has 2 rings (SSSR count). The summed E-state index contributed by atoms with van der Waals surface area (Å²) in [7, 11) is 1.85. The minimum Gasteiger partial charge on any atom is -0.489 e. The van der Waals surface area contributed by atoms with Crippen LogP contribution in [0.25, 0.3) is 0 Å². The van der Waals surface area contributed by atoms with E-state index in [2.05, 4.69) is 10.6 Å². The number of hydrogen-bond acceptors (Lipinski definition) is 3. The van der Waals surface area contributed by atoms with Gasteiger partial charge < -0.3 is 15.4 Å². The second kappa shape index (κ2) is 9.18. The highest BCUT2D eigenvalue weighted by molar-refractivity contribution is 6.31. The third-order valence-electron chi connectivity index (χ3n) is 3.31. The van der Waals surface area contributed by atoms with E-state index in [4.69, 9.17) is 16.3 Å². The van der Waals surface area contributed by atoms with E-state index < -0.39 is 0 Å². The van der Waals surface area contributed by atoms with E-state index in [1.807, 2.05) is 55.6 Å². The second-order valence-corrected chi connectivity index (χ2v) is 5.56. The number of benzene rings is 2. The molecule has 122 valence electrons. The zero-order valence-corrected chi connectivity index (χ0v) is 13.9. The first-order valence-electron chi connectivity index (χ1n) is 7.55. The third-order valence-corrected chi connectivity index (χ3v) is 3.68. The summed E-state index contributed by atoms with van der Waals surface area (Å²) in [5.41, 5.74) is 1.85. The maximum Gasteiger partial charge on any atom is 0.224 e. The molecule has 23 heavy (non-hydrogen) atoms. The van der Waals surface area contributed by atoms with Crippen molar-refractivity contribution in [1.29, 1.82) is 0 Å². The van der Waals surface area contributed by atoms with E-state index in [1.165, 1.54) is 0 Å². The standard InChI is InChI=1S/C18H21ClN2O2/c1-20-9-10-21-18(22)12-14-5-4-7-16(11-14)23-13-15-6-2-3-8-17(15)19/h2-8,11,20H,9-10,12-13H2,1H3,(H,21,22). The van der Waals surface area contributed by atoms with Gasteiger partial charge in [-0.2, -0.15) is 0 Å². The van der Waals surface area contributed by atoms with Gasteiger partial charge in [0.25, 0.3) is 0 Å². The summed E-state index contributed by atoms with van der Waals surface area (Å²) < 4.78 is 5.77. The molecular weight excluding hydrogens is 312 g/mol. The van der Waals surface area contributed by atoms with Crippen molar-refractivity contribution in [2.24, 2.45) is 0 Å². The fraction of sp³-hybridized carbons (Fsp3) is 0.278. The molecule has 0 radical (unpaired) electrons. The van der Waals surface area contributed by atoms with E-state index in [0.29, 0.717) is 24.6 Å². The number of ether oxygens (including phenoxy) is 1. The highest BCUT2D eigenvalue weighted by Gasteiger charge is 2.05. The molecule has 0 fully saturated rings. The quantitative estimate of drug-likeness (QED) is 0.731. The molecular formula is C18H21ClN2O2. The van der Waals surface area contributed by atoms with Crippen molar-refractivity contribution in [1.82, 2.24) is 10.6 Å². The number of carbonyl (C=O) groups is 1. The average Bonchev–Trinajstić information content (AvgIpc) is 2.55. The van der Waals surface area contributed by atoms with Crippen LogP contribution in [0.3, 0.4) is 0 Å². The van der Waals surface area contributed by atoms with E-state index in [-0.39, 0.29) is 5.91 Å². The molecule has 0 aliphatic heterocycles. The summed E-state index contributed by atoms with van der Waals surface area (Å²) in [5.74, 6) is 0.731. The van der Waals surface area contributed by atoms with Gasteiger partial charge in [0.15, 0.2) is 0 Å². The Balaban J connectivity index is 1.89. The van der Waals surface area contributed by atoms with Crippen molar-refractivity contribution in [3.8, 4) is 5.75 Å². The molecule has 1 amide bonds. The fourth-order valence-electron chi connectivity index (χ4n) is 2.10. The smallest absolute Gasteiger partial charge is 0.224 e. The first kappa shape index (κ1) is 17.3. The normalized spacial score (nSPS) is 10.3. The molecule has 5 heteroatoms. The summed E-state index contributed by atoms with van der Waals surface area (Å²) in [6.07, 6.45) is 0.340. The Kier molecular flexibility index (Phi) is 6.91. The Labute approximate surface area is 141 Å². The van der Waals surface area contributed by atoms with Gasteiger partial charge in [0, 0.05) is 23.7 Å². The number of halogens is 1. The Morgan fingerprint density at radius 2 is 1.96 bits per heavy atom. The number of nitrogens with one attached hydrogen (secondary N) is 2. The van der Waals surface area contributed by atoms with Gasteiger partial charge in [-0.1, -0.05) is 41.9 Å². The van der Waals surface area contributed by atoms with Crippen molar-refractivity contribution in [2.75, 3.05) is 20.1 Å². The first-order chi connectivity index (χ1) is 11.2. The van der Waals surface area contributed by atoms with Crippen LogP contribution in [0.2, 0.25) is 5.02 Å². The molecule has 0 aliphatic carbocycles. The number of carbonyl (C=O) groups excluding carboxylic acids is 1. The lowest BCUT2D eigenvalue weighted by molar-refractivity contribution is -0.120. The molecule has 0 atom stereocenters. The van der Waals surface area contributed by atoms with Crippen LogP contribution in [-0.4, -0.2) is 26.0 Å². The van der Waals surface area contributed by atoms with Crippen molar-refractivity contribution >= 4 is 17.5 Å². The highest BCUT2D eigenvalue weighted by atomic mass is 35.5. The summed E-state index contributed by atoms with van der Waals surface area (Å²) in [5, 5.41) is 6.53. The first-order valence-corrected chi connectivity index (χ1v) is 7.93. The SMILES string of the molecule is CNCCNC(=O)Cc1cccc(OCc2ccccc2Cl)c1. The lowest BCUT2D eigenvalue weighted by Gasteiger charge is -2.09. The Bertz CT molecular complexity index is 646. The van der Waals surface area contributed by atoms with E-state index in [0.717, 1.165) is 23.4 Å². The molecule has 0 saturated carbocycles. The van der Waals surface area contributed by atoms with E-state index >= 15 is 0 Å². The molecule has 2 aromatic rings. The Hall–Kier alpha value is -2.04. The average molecular weight is 333 g/mol. The third kappa shape index (κ3) is 5.93. The summed E-state index contributed by atoms with van der Waals surface area (Å²) in [6, 6.07) is 15.1. The molecule has 0 unspecified atom stereocenters. The van der Waals surface area contributed by atoms with Gasteiger partial charge in [0.1, 0.15) is 12.4 Å². The minimum absolute atomic E-state index is 0.00324. The molecule has 0 bridgehead atoms. The molecule has 4 nitrogen and oxygen atoms in total. The topological polar surface area (TPSA) is 50.4 Å². The summed E-state index contributed by atoms with van der Waals surface area (Å²) in [4.78, 5) is 11.8. The zero-order valence-electron chi connectivity index (χ0n) is 13.1. The van der Waals surface area contributed by atoms with Crippen LogP contribution < -0.4 is 15.4 Å². The monoisotopic (exact) mass is 332 g/mol. The van der Waals surface area contributed by atoms with E-state index in [1.54, 1.807) is 0 Å². The molecule has 0 spiro atoms. The lowest BCUT2D eigenvalue weighted by Crippen LogP contribution is -2.31. The predicted octanol–water partition coefficient (Wildman–Crippen LogP) is 2.80. The lowest BCUT2D eigenvalue weighted by atomic mass is 10.1. The number of likely N-dealkylation sites (N-methyl/N-ethyl adjacent to an activating group) is 1. The van der Waals surface area contributed by atoms with Crippen LogP contribution in [-0.2, 0) is 17.8 Å². The fourth-order valence-corrected chi connectivity index (χ4v) is 2.29. The highest BCUT2D eigenvalue weighted by Crippen LogP contribution is 2.19. The van der Waals surface area contributed by atoms with Crippen LogP contribution in [0.4, 0.5) is 0 Å². The minimum atomic E-state index is 0.00324.